The minimum absolute atomic E-state index is 0.0342. The molecule has 9 atom stereocenters. The highest BCUT2D eigenvalue weighted by atomic mass is 35.5. The van der Waals surface area contributed by atoms with Crippen molar-refractivity contribution in [2.24, 2.45) is 22.7 Å². The van der Waals surface area contributed by atoms with Crippen LogP contribution in [0.4, 0.5) is 8.78 Å². The van der Waals surface area contributed by atoms with Gasteiger partial charge in [0.25, 0.3) is 0 Å². The highest BCUT2D eigenvalue weighted by molar-refractivity contribution is 6.44. The number of aliphatic hydroxyl groups is 1. The first kappa shape index (κ1) is 22.4. The van der Waals surface area contributed by atoms with E-state index in [1.165, 1.54) is 13.0 Å². The van der Waals surface area contributed by atoms with Crippen LogP contribution in [-0.2, 0) is 19.1 Å². The Morgan fingerprint density at radius 3 is 2.50 bits per heavy atom. The maximum Gasteiger partial charge on any atom is 0.339 e. The third kappa shape index (κ3) is 2.30. The Balaban J connectivity index is 1.67. The van der Waals surface area contributed by atoms with Gasteiger partial charge in [-0.05, 0) is 63.7 Å². The maximum atomic E-state index is 17.2. The summed E-state index contributed by atoms with van der Waals surface area (Å²) in [5.41, 5.74) is -7.02. The summed E-state index contributed by atoms with van der Waals surface area (Å²) in [5, 5.41) is 21.4. The fraction of sp³-hybridized carbons (Fsp3) is 0.739. The maximum absolute atomic E-state index is 17.2. The van der Waals surface area contributed by atoms with E-state index in [1.54, 1.807) is 20.8 Å². The highest BCUT2D eigenvalue weighted by Crippen LogP contribution is 2.72. The fourth-order valence-corrected chi connectivity index (χ4v) is 8.00. The standard InChI is InChI=1S/C23H27ClF2O6/c1-19(2)31-17-7-10-11-5-14(25)12-6-15(27)13(24)8-20(12,3)22(11,26)16(28)9-21(10,4)23(17,32-19)18(29)30/h6,8,10-11,14,16-17,28H,5,7,9H2,1-4H3,(H,29,30)/t10-,11-,14-,16-,17+,20-,21-,22-,23-/m0/s1. The molecule has 1 saturated heterocycles. The van der Waals surface area contributed by atoms with Crippen molar-refractivity contribution >= 4 is 23.4 Å². The van der Waals surface area contributed by atoms with Crippen LogP contribution in [0.2, 0.25) is 0 Å². The first-order valence-electron chi connectivity index (χ1n) is 10.9. The molecule has 3 saturated carbocycles. The molecule has 5 rings (SSSR count). The summed E-state index contributed by atoms with van der Waals surface area (Å²) < 4.78 is 44.6. The zero-order chi connectivity index (χ0) is 23.6. The van der Waals surface area contributed by atoms with Gasteiger partial charge in [-0.2, -0.15) is 0 Å². The van der Waals surface area contributed by atoms with Crippen LogP contribution in [0.3, 0.4) is 0 Å². The molecule has 9 heteroatoms. The van der Waals surface area contributed by atoms with Crippen LogP contribution < -0.4 is 0 Å². The van der Waals surface area contributed by atoms with Crippen LogP contribution in [0, 0.1) is 22.7 Å². The van der Waals surface area contributed by atoms with Gasteiger partial charge in [0.15, 0.2) is 22.8 Å². The van der Waals surface area contributed by atoms with E-state index in [1.807, 2.05) is 0 Å². The summed E-state index contributed by atoms with van der Waals surface area (Å²) in [6.07, 6.45) is -2.20. The Hall–Kier alpha value is -1.35. The fourth-order valence-electron chi connectivity index (χ4n) is 7.73. The van der Waals surface area contributed by atoms with E-state index in [0.29, 0.717) is 0 Å². The summed E-state index contributed by atoms with van der Waals surface area (Å²) in [5.74, 6) is -4.65. The molecule has 0 amide bonds. The molecule has 4 aliphatic carbocycles. The molecule has 176 valence electrons. The summed E-state index contributed by atoms with van der Waals surface area (Å²) in [7, 11) is 0. The minimum atomic E-state index is -2.35. The van der Waals surface area contributed by atoms with Gasteiger partial charge < -0.3 is 19.7 Å². The molecular formula is C23H27ClF2O6. The smallest absolute Gasteiger partial charge is 0.339 e. The van der Waals surface area contributed by atoms with Gasteiger partial charge in [-0.3, -0.25) is 4.79 Å². The van der Waals surface area contributed by atoms with Gasteiger partial charge in [-0.25, -0.2) is 13.6 Å². The average molecular weight is 473 g/mol. The lowest BCUT2D eigenvalue weighted by Crippen LogP contribution is -2.71. The second-order valence-electron chi connectivity index (χ2n) is 10.9. The zero-order valence-corrected chi connectivity index (χ0v) is 19.1. The summed E-state index contributed by atoms with van der Waals surface area (Å²) >= 11 is 6.06. The Morgan fingerprint density at radius 1 is 1.22 bits per heavy atom. The minimum Gasteiger partial charge on any atom is -0.479 e. The number of rotatable bonds is 1. The van der Waals surface area contributed by atoms with Crippen molar-refractivity contribution in [3.8, 4) is 0 Å². The first-order valence-corrected chi connectivity index (χ1v) is 11.3. The Labute approximate surface area is 189 Å². The van der Waals surface area contributed by atoms with E-state index >= 15 is 8.78 Å². The van der Waals surface area contributed by atoms with Crippen molar-refractivity contribution < 1.29 is 38.1 Å². The van der Waals surface area contributed by atoms with E-state index < -0.39 is 69.9 Å². The van der Waals surface area contributed by atoms with E-state index in [4.69, 9.17) is 21.1 Å². The topological polar surface area (TPSA) is 93.1 Å². The molecule has 0 aromatic heterocycles. The van der Waals surface area contributed by atoms with Crippen LogP contribution in [0.1, 0.15) is 47.0 Å². The lowest BCUT2D eigenvalue weighted by atomic mass is 9.44. The van der Waals surface area contributed by atoms with Crippen molar-refractivity contribution in [3.05, 3.63) is 22.8 Å². The van der Waals surface area contributed by atoms with Crippen molar-refractivity contribution in [2.75, 3.05) is 0 Å². The normalized spacial score (nSPS) is 53.5. The molecule has 6 nitrogen and oxygen atoms in total. The molecule has 0 aromatic rings. The highest BCUT2D eigenvalue weighted by Gasteiger charge is 2.81. The van der Waals surface area contributed by atoms with Crippen LogP contribution in [0.5, 0.6) is 0 Å². The number of carbonyl (C=O) groups excluding carboxylic acids is 1. The van der Waals surface area contributed by atoms with Gasteiger partial charge in [-0.15, -0.1) is 0 Å². The number of aliphatic carboxylic acids is 1. The average Bonchev–Trinajstić information content (AvgIpc) is 3.07. The second-order valence-corrected chi connectivity index (χ2v) is 11.3. The van der Waals surface area contributed by atoms with Crippen molar-refractivity contribution in [2.45, 2.75) is 82.4 Å². The van der Waals surface area contributed by atoms with Gasteiger partial charge in [0.2, 0.25) is 0 Å². The van der Waals surface area contributed by atoms with E-state index in [2.05, 4.69) is 0 Å². The van der Waals surface area contributed by atoms with E-state index in [-0.39, 0.29) is 29.9 Å². The molecule has 0 bridgehead atoms. The predicted molar refractivity (Wildman–Crippen MR) is 109 cm³/mol. The van der Waals surface area contributed by atoms with Gasteiger partial charge in [0.1, 0.15) is 12.3 Å². The molecule has 1 aliphatic heterocycles. The van der Waals surface area contributed by atoms with Crippen molar-refractivity contribution in [3.63, 3.8) is 0 Å². The number of hydrogen-bond acceptors (Lipinski definition) is 5. The number of carboxylic acids is 1. The number of alkyl halides is 2. The molecule has 5 aliphatic rings. The molecule has 0 unspecified atom stereocenters. The Morgan fingerprint density at radius 2 is 1.88 bits per heavy atom. The molecule has 0 aromatic carbocycles. The quantitative estimate of drug-likeness (QED) is 0.607. The van der Waals surface area contributed by atoms with Crippen LogP contribution in [0.25, 0.3) is 0 Å². The molecular weight excluding hydrogens is 446 g/mol. The second kappa shape index (κ2) is 6.20. The van der Waals surface area contributed by atoms with Gasteiger partial charge in [-0.1, -0.05) is 18.5 Å². The lowest BCUT2D eigenvalue weighted by molar-refractivity contribution is -0.253. The summed E-state index contributed by atoms with van der Waals surface area (Å²) in [6.45, 7) is 6.37. The van der Waals surface area contributed by atoms with E-state index in [9.17, 15) is 19.8 Å². The predicted octanol–water partition coefficient (Wildman–Crippen LogP) is 3.46. The summed E-state index contributed by atoms with van der Waals surface area (Å²) in [6, 6.07) is 0. The molecule has 1 heterocycles. The largest absolute Gasteiger partial charge is 0.479 e. The zero-order valence-electron chi connectivity index (χ0n) is 18.3. The monoisotopic (exact) mass is 472 g/mol. The van der Waals surface area contributed by atoms with Crippen LogP contribution in [-0.4, -0.2) is 57.4 Å². The molecule has 0 radical (unpaired) electrons. The number of allylic oxidation sites excluding steroid dienone is 4. The molecule has 2 N–H and O–H groups in total. The van der Waals surface area contributed by atoms with E-state index in [0.717, 1.165) is 6.08 Å². The van der Waals surface area contributed by atoms with Crippen molar-refractivity contribution in [1.82, 2.24) is 0 Å². The van der Waals surface area contributed by atoms with Gasteiger partial charge >= 0.3 is 5.97 Å². The molecule has 4 fully saturated rings. The Bertz CT molecular complexity index is 995. The van der Waals surface area contributed by atoms with Gasteiger partial charge in [0, 0.05) is 16.7 Å². The Kier molecular flexibility index (Phi) is 4.35. The van der Waals surface area contributed by atoms with Crippen LogP contribution >= 0.6 is 11.6 Å². The first-order chi connectivity index (χ1) is 14.6. The number of halogens is 3. The number of aliphatic hydroxyl groups excluding tert-OH is 1. The SMILES string of the molecule is CC1(C)O[C@@H]2C[C@H]3[C@@H]4C[C@H](F)C5=CC(=O)C(Cl)=C[C@]5(C)[C@@]4(F)[C@@H](O)C[C@]3(C)[C@]2(C(=O)O)O1. The number of carbonyl (C=O) groups is 2. The number of fused-ring (bicyclic) bond motifs is 7. The lowest BCUT2D eigenvalue weighted by Gasteiger charge is -2.63. The number of ketones is 1. The third-order valence-electron chi connectivity index (χ3n) is 9.00. The molecule has 0 spiro atoms. The van der Waals surface area contributed by atoms with Crippen molar-refractivity contribution in [1.29, 1.82) is 0 Å². The van der Waals surface area contributed by atoms with Gasteiger partial charge in [0.05, 0.1) is 11.1 Å². The number of hydrogen-bond donors (Lipinski definition) is 2. The number of carboxylic acid groups (broad SMARTS) is 1. The van der Waals surface area contributed by atoms with Crippen LogP contribution in [0.15, 0.2) is 22.8 Å². The summed E-state index contributed by atoms with van der Waals surface area (Å²) in [4.78, 5) is 24.7. The number of ether oxygens (including phenoxy) is 2. The third-order valence-corrected chi connectivity index (χ3v) is 9.29. The molecule has 32 heavy (non-hydrogen) atoms.